The second-order valence-corrected chi connectivity index (χ2v) is 4.18. The lowest BCUT2D eigenvalue weighted by atomic mass is 10.2. The Morgan fingerprint density at radius 2 is 2.31 bits per heavy atom. The molecule has 0 saturated heterocycles. The molecule has 5 nitrogen and oxygen atoms in total. The Morgan fingerprint density at radius 3 is 2.94 bits per heavy atom. The number of nitrogens with one attached hydrogen (secondary N) is 1. The van der Waals surface area contributed by atoms with E-state index in [0.29, 0.717) is 16.4 Å². The molecule has 0 aliphatic carbocycles. The number of benzene rings is 1. The van der Waals surface area contributed by atoms with Crippen LogP contribution in [-0.4, -0.2) is 15.2 Å². The van der Waals surface area contributed by atoms with Crippen molar-refractivity contribution < 1.29 is 0 Å². The molecule has 0 atom stereocenters. The molecule has 0 amide bonds. The van der Waals surface area contributed by atoms with Gasteiger partial charge < -0.3 is 5.73 Å². The van der Waals surface area contributed by atoms with E-state index in [1.165, 1.54) is 11.8 Å². The van der Waals surface area contributed by atoms with Gasteiger partial charge in [0.15, 0.2) is 0 Å². The van der Waals surface area contributed by atoms with Crippen LogP contribution in [0.1, 0.15) is 11.4 Å². The van der Waals surface area contributed by atoms with Gasteiger partial charge in [0.25, 0.3) is 0 Å². The van der Waals surface area contributed by atoms with Crippen LogP contribution in [0.3, 0.4) is 0 Å². The van der Waals surface area contributed by atoms with Crippen LogP contribution in [-0.2, 0) is 0 Å². The molecule has 80 valence electrons. The maximum Gasteiger partial charge on any atom is 0.213 e. The monoisotopic (exact) mass is 231 g/mol. The fourth-order valence-electron chi connectivity index (χ4n) is 1.19. The highest BCUT2D eigenvalue weighted by molar-refractivity contribution is 7.99. The number of rotatable bonds is 2. The highest BCUT2D eigenvalue weighted by Crippen LogP contribution is 2.28. The summed E-state index contributed by atoms with van der Waals surface area (Å²) in [5.41, 5.74) is 6.71. The van der Waals surface area contributed by atoms with E-state index in [-0.39, 0.29) is 0 Å². The van der Waals surface area contributed by atoms with Crippen LogP contribution in [0.5, 0.6) is 0 Å². The summed E-state index contributed by atoms with van der Waals surface area (Å²) < 4.78 is 0. The largest absolute Gasteiger partial charge is 0.399 e. The molecule has 0 fully saturated rings. The molecule has 6 heteroatoms. The van der Waals surface area contributed by atoms with Crippen molar-refractivity contribution in [2.24, 2.45) is 0 Å². The molecule has 3 N–H and O–H groups in total. The normalized spacial score (nSPS) is 10.0. The third-order valence-corrected chi connectivity index (χ3v) is 2.84. The quantitative estimate of drug-likeness (QED) is 0.768. The molecule has 0 aliphatic rings. The fraction of sp³-hybridized carbons (Fsp3) is 0.100. The molecule has 2 rings (SSSR count). The van der Waals surface area contributed by atoms with Crippen LogP contribution in [0.25, 0.3) is 0 Å². The summed E-state index contributed by atoms with van der Waals surface area (Å²) >= 11 is 1.34. The number of nitriles is 1. The average molecular weight is 231 g/mol. The average Bonchev–Trinajstić information content (AvgIpc) is 2.67. The van der Waals surface area contributed by atoms with Gasteiger partial charge in [0.2, 0.25) is 5.16 Å². The highest BCUT2D eigenvalue weighted by atomic mass is 32.2. The van der Waals surface area contributed by atoms with Gasteiger partial charge >= 0.3 is 0 Å². The number of aromatic nitrogens is 3. The molecular formula is C10H9N5S. The number of nitrogens with zero attached hydrogens (tertiary/aromatic N) is 3. The highest BCUT2D eigenvalue weighted by Gasteiger charge is 2.07. The number of H-pyrrole nitrogens is 1. The molecule has 0 saturated carbocycles. The molecule has 16 heavy (non-hydrogen) atoms. The van der Waals surface area contributed by atoms with Gasteiger partial charge in [-0.05, 0) is 36.9 Å². The van der Waals surface area contributed by atoms with Crippen molar-refractivity contribution in [3.63, 3.8) is 0 Å². The maximum absolute atomic E-state index is 8.96. The van der Waals surface area contributed by atoms with Crippen molar-refractivity contribution in [2.45, 2.75) is 17.0 Å². The first kappa shape index (κ1) is 10.5. The van der Waals surface area contributed by atoms with E-state index in [0.717, 1.165) is 10.7 Å². The molecule has 1 aromatic carbocycles. The number of hydrogen-bond acceptors (Lipinski definition) is 5. The van der Waals surface area contributed by atoms with Gasteiger partial charge in [0, 0.05) is 10.6 Å². The SMILES string of the molecule is Cc1nc(Sc2ccc(N)cc2C#N)n[nH]1. The van der Waals surface area contributed by atoms with E-state index in [9.17, 15) is 0 Å². The summed E-state index contributed by atoms with van der Waals surface area (Å²) in [6.45, 7) is 1.82. The molecule has 1 heterocycles. The van der Waals surface area contributed by atoms with Gasteiger partial charge in [0.1, 0.15) is 11.9 Å². The molecular weight excluding hydrogens is 222 g/mol. The van der Waals surface area contributed by atoms with Crippen LogP contribution in [0.15, 0.2) is 28.3 Å². The summed E-state index contributed by atoms with van der Waals surface area (Å²) in [5, 5.41) is 16.3. The summed E-state index contributed by atoms with van der Waals surface area (Å²) in [7, 11) is 0. The van der Waals surface area contributed by atoms with E-state index in [1.54, 1.807) is 18.2 Å². The van der Waals surface area contributed by atoms with Crippen molar-refractivity contribution in [2.75, 3.05) is 5.73 Å². The molecule has 0 aliphatic heterocycles. The second-order valence-electron chi connectivity index (χ2n) is 3.17. The minimum Gasteiger partial charge on any atom is -0.399 e. The van der Waals surface area contributed by atoms with Crippen LogP contribution in [0.4, 0.5) is 5.69 Å². The predicted octanol–water partition coefficient (Wildman–Crippen LogP) is 1.72. The Balaban J connectivity index is 2.31. The van der Waals surface area contributed by atoms with Gasteiger partial charge in [-0.2, -0.15) is 5.26 Å². The molecule has 0 spiro atoms. The number of nitrogens with two attached hydrogens (primary N) is 1. The summed E-state index contributed by atoms with van der Waals surface area (Å²) in [4.78, 5) is 4.96. The van der Waals surface area contributed by atoms with Gasteiger partial charge in [-0.15, -0.1) is 5.10 Å². The zero-order valence-corrected chi connectivity index (χ0v) is 9.38. The first-order chi connectivity index (χ1) is 7.69. The van der Waals surface area contributed by atoms with Crippen LogP contribution < -0.4 is 5.73 Å². The molecule has 1 aromatic heterocycles. The van der Waals surface area contributed by atoms with Crippen molar-refractivity contribution >= 4 is 17.4 Å². The summed E-state index contributed by atoms with van der Waals surface area (Å²) in [6, 6.07) is 7.29. The van der Waals surface area contributed by atoms with E-state index >= 15 is 0 Å². The minimum absolute atomic E-state index is 0.535. The van der Waals surface area contributed by atoms with E-state index in [2.05, 4.69) is 21.3 Å². The molecule has 0 unspecified atom stereocenters. The van der Waals surface area contributed by atoms with E-state index < -0.39 is 0 Å². The number of anilines is 1. The van der Waals surface area contributed by atoms with Gasteiger partial charge in [-0.25, -0.2) is 4.98 Å². The molecule has 0 bridgehead atoms. The summed E-state index contributed by atoms with van der Waals surface area (Å²) in [5.74, 6) is 0.747. The van der Waals surface area contributed by atoms with E-state index in [1.807, 2.05) is 6.92 Å². The fourth-order valence-corrected chi connectivity index (χ4v) is 2.01. The predicted molar refractivity (Wildman–Crippen MR) is 60.8 cm³/mol. The Hall–Kier alpha value is -2.00. The smallest absolute Gasteiger partial charge is 0.213 e. The van der Waals surface area contributed by atoms with Crippen LogP contribution >= 0.6 is 11.8 Å². The van der Waals surface area contributed by atoms with Gasteiger partial charge in [-0.3, -0.25) is 5.10 Å². The third kappa shape index (κ3) is 2.15. The Bertz CT molecular complexity index is 555. The van der Waals surface area contributed by atoms with Crippen molar-refractivity contribution in [3.05, 3.63) is 29.6 Å². The molecule has 0 radical (unpaired) electrons. The Kier molecular flexibility index (Phi) is 2.79. The van der Waals surface area contributed by atoms with Gasteiger partial charge in [0.05, 0.1) is 5.56 Å². The Morgan fingerprint density at radius 1 is 1.50 bits per heavy atom. The summed E-state index contributed by atoms with van der Waals surface area (Å²) in [6.07, 6.45) is 0. The lowest BCUT2D eigenvalue weighted by Crippen LogP contribution is -1.88. The lowest BCUT2D eigenvalue weighted by Gasteiger charge is -2.01. The molecule has 2 aromatic rings. The van der Waals surface area contributed by atoms with Gasteiger partial charge in [-0.1, -0.05) is 0 Å². The van der Waals surface area contributed by atoms with Crippen molar-refractivity contribution in [1.29, 1.82) is 5.26 Å². The number of aryl methyl sites for hydroxylation is 1. The van der Waals surface area contributed by atoms with Crippen molar-refractivity contribution in [1.82, 2.24) is 15.2 Å². The first-order valence-electron chi connectivity index (χ1n) is 4.55. The van der Waals surface area contributed by atoms with Crippen LogP contribution in [0.2, 0.25) is 0 Å². The Labute approximate surface area is 96.7 Å². The lowest BCUT2D eigenvalue weighted by molar-refractivity contribution is 0.969. The van der Waals surface area contributed by atoms with Crippen LogP contribution in [0, 0.1) is 18.3 Å². The topological polar surface area (TPSA) is 91.4 Å². The number of nitrogen functional groups attached to an aromatic ring is 1. The zero-order valence-electron chi connectivity index (χ0n) is 8.56. The zero-order chi connectivity index (χ0) is 11.5. The maximum atomic E-state index is 8.96. The van der Waals surface area contributed by atoms with E-state index in [4.69, 9.17) is 11.0 Å². The number of hydrogen-bond donors (Lipinski definition) is 2. The second kappa shape index (κ2) is 4.24. The first-order valence-corrected chi connectivity index (χ1v) is 5.37. The minimum atomic E-state index is 0.535. The standard InChI is InChI=1S/C10H9N5S/c1-6-13-10(15-14-6)16-9-3-2-8(12)4-7(9)5-11/h2-4H,12H2,1H3,(H,13,14,15). The third-order valence-electron chi connectivity index (χ3n) is 1.90. The number of aromatic amines is 1. The van der Waals surface area contributed by atoms with Crippen molar-refractivity contribution in [3.8, 4) is 6.07 Å².